The van der Waals surface area contributed by atoms with Gasteiger partial charge in [0.15, 0.2) is 0 Å². The van der Waals surface area contributed by atoms with Crippen LogP contribution in [0.4, 0.5) is 0 Å². The van der Waals surface area contributed by atoms with Crippen LogP contribution in [0.2, 0.25) is 0 Å². The van der Waals surface area contributed by atoms with Crippen molar-refractivity contribution in [3.05, 3.63) is 32.6 Å². The Morgan fingerprint density at radius 3 is 2.65 bits per heavy atom. The Morgan fingerprint density at radius 2 is 2.09 bits per heavy atom. The number of aliphatic hydroxyl groups is 1. The van der Waals surface area contributed by atoms with Crippen molar-refractivity contribution in [2.75, 3.05) is 6.61 Å². The van der Waals surface area contributed by atoms with Crippen molar-refractivity contribution in [2.45, 2.75) is 31.8 Å². The van der Waals surface area contributed by atoms with Crippen LogP contribution < -0.4 is 11.2 Å². The largest absolute Gasteiger partial charge is 0.469 e. The van der Waals surface area contributed by atoms with Gasteiger partial charge in [0, 0.05) is 18.2 Å². The Kier molecular flexibility index (Phi) is 6.57. The maximum absolute atomic E-state index is 11.7. The van der Waals surface area contributed by atoms with E-state index < -0.39 is 44.1 Å². The zero-order valence-electron chi connectivity index (χ0n) is 12.1. The minimum absolute atomic E-state index is 0.0283. The summed E-state index contributed by atoms with van der Waals surface area (Å²) < 4.78 is 21.4. The first-order valence-electron chi connectivity index (χ1n) is 6.32. The molecule has 1 aromatic heterocycles. The third-order valence-corrected chi connectivity index (χ3v) is 3.55. The highest BCUT2D eigenvalue weighted by molar-refractivity contribution is 7.46. The molecule has 2 heterocycles. The maximum Gasteiger partial charge on any atom is 0.469 e. The first-order valence-corrected chi connectivity index (χ1v) is 7.85. The van der Waals surface area contributed by atoms with E-state index in [0.29, 0.717) is 5.56 Å². The van der Waals surface area contributed by atoms with Crippen molar-refractivity contribution >= 4 is 14.6 Å². The van der Waals surface area contributed by atoms with E-state index in [0.717, 1.165) is 4.57 Å². The average Bonchev–Trinajstić information content (AvgIpc) is 2.83. The van der Waals surface area contributed by atoms with E-state index in [4.69, 9.17) is 19.3 Å². The van der Waals surface area contributed by atoms with Gasteiger partial charge in [-0.05, 0) is 6.92 Å². The van der Waals surface area contributed by atoms with Gasteiger partial charge in [0.2, 0.25) is 0 Å². The van der Waals surface area contributed by atoms with Gasteiger partial charge in [-0.25, -0.2) is 9.36 Å². The number of nitrogens with one attached hydrogen (secondary N) is 1. The molecule has 3 atom stereocenters. The van der Waals surface area contributed by atoms with E-state index in [1.54, 1.807) is 0 Å². The van der Waals surface area contributed by atoms with Crippen LogP contribution in [0.3, 0.4) is 0 Å². The molecule has 11 nitrogen and oxygen atoms in total. The number of H-pyrrole nitrogens is 1. The minimum atomic E-state index is -4.67. The second-order valence-corrected chi connectivity index (χ2v) is 5.94. The zero-order chi connectivity index (χ0) is 17.8. The van der Waals surface area contributed by atoms with E-state index in [1.807, 2.05) is 6.79 Å². The van der Waals surface area contributed by atoms with Gasteiger partial charge < -0.3 is 24.4 Å². The predicted molar refractivity (Wildman–Crippen MR) is 75.7 cm³/mol. The molecule has 1 aromatic rings. The summed E-state index contributed by atoms with van der Waals surface area (Å²) >= 11 is 0. The van der Waals surface area contributed by atoms with Gasteiger partial charge in [0.05, 0.1) is 12.7 Å². The fourth-order valence-electron chi connectivity index (χ4n) is 2.01. The second kappa shape index (κ2) is 7.77. The summed E-state index contributed by atoms with van der Waals surface area (Å²) in [6.45, 7) is 2.99. The SMILES string of the molecule is C=O.Cc1cn([C@H]2C[C@H](O)[C@@H](COP(=O)(O)O)O2)c(=O)[nH]c1=O. The monoisotopic (exact) mass is 352 g/mol. The highest BCUT2D eigenvalue weighted by Crippen LogP contribution is 2.38. The van der Waals surface area contributed by atoms with Crippen LogP contribution in [-0.2, 0) is 18.6 Å². The maximum atomic E-state index is 11.7. The zero-order valence-corrected chi connectivity index (χ0v) is 13.0. The lowest BCUT2D eigenvalue weighted by atomic mass is 10.2. The van der Waals surface area contributed by atoms with Gasteiger partial charge in [-0.3, -0.25) is 18.9 Å². The number of carbonyl (C=O) groups is 1. The average molecular weight is 352 g/mol. The first kappa shape index (κ1) is 19.4. The molecular formula is C11H17N2O9P. The Labute approximate surface area is 129 Å². The minimum Gasteiger partial charge on any atom is -0.390 e. The lowest BCUT2D eigenvalue weighted by Crippen LogP contribution is -2.33. The molecular weight excluding hydrogens is 335 g/mol. The number of nitrogens with zero attached hydrogens (tertiary/aromatic N) is 1. The molecule has 1 saturated heterocycles. The lowest BCUT2D eigenvalue weighted by Gasteiger charge is -2.16. The van der Waals surface area contributed by atoms with E-state index in [9.17, 15) is 19.3 Å². The van der Waals surface area contributed by atoms with Crippen LogP contribution in [-0.4, -0.2) is 50.0 Å². The number of aromatic amines is 1. The van der Waals surface area contributed by atoms with E-state index in [1.165, 1.54) is 13.1 Å². The van der Waals surface area contributed by atoms with Gasteiger partial charge in [-0.15, -0.1) is 0 Å². The Morgan fingerprint density at radius 1 is 1.48 bits per heavy atom. The number of aliphatic hydroxyl groups excluding tert-OH is 1. The molecule has 0 amide bonds. The molecule has 0 spiro atoms. The fourth-order valence-corrected chi connectivity index (χ4v) is 2.35. The van der Waals surface area contributed by atoms with Crippen LogP contribution in [0.1, 0.15) is 18.2 Å². The summed E-state index contributed by atoms with van der Waals surface area (Å²) in [4.78, 5) is 50.3. The molecule has 12 heteroatoms. The lowest BCUT2D eigenvalue weighted by molar-refractivity contribution is -0.0980. The molecule has 0 radical (unpaired) electrons. The van der Waals surface area contributed by atoms with Crippen LogP contribution in [0.5, 0.6) is 0 Å². The van der Waals surface area contributed by atoms with Crippen molar-refractivity contribution in [3.63, 3.8) is 0 Å². The fraction of sp³-hybridized carbons (Fsp3) is 0.545. The summed E-state index contributed by atoms with van der Waals surface area (Å²) in [5.41, 5.74) is -0.918. The molecule has 2 rings (SSSR count). The third-order valence-electron chi connectivity index (χ3n) is 3.07. The molecule has 130 valence electrons. The Hall–Kier alpha value is -1.62. The second-order valence-electron chi connectivity index (χ2n) is 4.70. The molecule has 4 N–H and O–H groups in total. The number of aromatic nitrogens is 2. The van der Waals surface area contributed by atoms with E-state index in [2.05, 4.69) is 9.51 Å². The Bertz CT molecular complexity index is 693. The van der Waals surface area contributed by atoms with Crippen molar-refractivity contribution in [3.8, 4) is 0 Å². The van der Waals surface area contributed by atoms with Crippen LogP contribution in [0, 0.1) is 6.92 Å². The van der Waals surface area contributed by atoms with E-state index in [-0.39, 0.29) is 6.42 Å². The summed E-state index contributed by atoms with van der Waals surface area (Å²) in [6.07, 6.45) is -1.57. The summed E-state index contributed by atoms with van der Waals surface area (Å²) in [7, 11) is -4.67. The highest BCUT2D eigenvalue weighted by Gasteiger charge is 2.37. The first-order chi connectivity index (χ1) is 10.7. The van der Waals surface area contributed by atoms with E-state index >= 15 is 0 Å². The number of carbonyl (C=O) groups excluding carboxylic acids is 1. The molecule has 1 aliphatic rings. The van der Waals surface area contributed by atoms with Crippen molar-refractivity contribution < 1.29 is 33.5 Å². The molecule has 1 aliphatic heterocycles. The van der Waals surface area contributed by atoms with Crippen LogP contribution in [0.25, 0.3) is 0 Å². The number of rotatable bonds is 4. The molecule has 0 aliphatic carbocycles. The number of hydrogen-bond donors (Lipinski definition) is 4. The van der Waals surface area contributed by atoms with Crippen molar-refractivity contribution in [1.29, 1.82) is 0 Å². The standard InChI is InChI=1S/C10H15N2O8P.CH2O/c1-5-3-12(10(15)11-9(5)14)8-2-6(13)7(20-8)4-19-21(16,17)18;1-2/h3,6-8,13H,2,4H2,1H3,(H,11,14,15)(H2,16,17,18);1H2/t6-,7+,8+;/m0./s1. The van der Waals surface area contributed by atoms with Crippen LogP contribution >= 0.6 is 7.82 Å². The third kappa shape index (κ3) is 5.20. The van der Waals surface area contributed by atoms with Gasteiger partial charge in [0.25, 0.3) is 5.56 Å². The molecule has 23 heavy (non-hydrogen) atoms. The predicted octanol–water partition coefficient (Wildman–Crippen LogP) is -1.58. The molecule has 0 saturated carbocycles. The number of ether oxygens (including phenoxy) is 1. The number of hydrogen-bond acceptors (Lipinski definition) is 7. The van der Waals surface area contributed by atoms with Gasteiger partial charge in [-0.2, -0.15) is 0 Å². The topological polar surface area (TPSA) is 168 Å². The quantitative estimate of drug-likeness (QED) is 0.467. The molecule has 0 unspecified atom stereocenters. The smallest absolute Gasteiger partial charge is 0.390 e. The number of phosphoric acid groups is 1. The molecule has 0 bridgehead atoms. The van der Waals surface area contributed by atoms with Crippen molar-refractivity contribution in [2.24, 2.45) is 0 Å². The highest BCUT2D eigenvalue weighted by atomic mass is 31.2. The van der Waals surface area contributed by atoms with Gasteiger partial charge >= 0.3 is 13.5 Å². The summed E-state index contributed by atoms with van der Waals surface area (Å²) in [5.74, 6) is 0. The summed E-state index contributed by atoms with van der Waals surface area (Å²) in [5, 5.41) is 9.79. The molecule has 0 aromatic carbocycles. The Balaban J connectivity index is 0.00000127. The normalized spacial score (nSPS) is 24.1. The number of aryl methyl sites for hydroxylation is 1. The summed E-state index contributed by atoms with van der Waals surface area (Å²) in [6, 6.07) is 0. The number of phosphoric ester groups is 1. The van der Waals surface area contributed by atoms with Crippen LogP contribution in [0.15, 0.2) is 15.8 Å². The van der Waals surface area contributed by atoms with Gasteiger partial charge in [0.1, 0.15) is 19.1 Å². The van der Waals surface area contributed by atoms with Gasteiger partial charge in [-0.1, -0.05) is 0 Å². The van der Waals surface area contributed by atoms with Crippen molar-refractivity contribution in [1.82, 2.24) is 9.55 Å². The molecule has 1 fully saturated rings.